The Balaban J connectivity index is 2.22. The summed E-state index contributed by atoms with van der Waals surface area (Å²) in [6, 6.07) is 3.55. The van der Waals surface area contributed by atoms with Crippen molar-refractivity contribution in [3.8, 4) is 0 Å². The Bertz CT molecular complexity index is 464. The van der Waals surface area contributed by atoms with E-state index in [0.29, 0.717) is 6.54 Å². The van der Waals surface area contributed by atoms with E-state index < -0.39 is 5.97 Å². The first kappa shape index (κ1) is 14.4. The van der Waals surface area contributed by atoms with Crippen LogP contribution in [0.1, 0.15) is 36.0 Å². The highest BCUT2D eigenvalue weighted by Crippen LogP contribution is 2.25. The summed E-state index contributed by atoms with van der Waals surface area (Å²) in [5.74, 6) is -0.705. The number of carboxylic acid groups (broad SMARTS) is 1. The topological polar surface area (TPSA) is 40.5 Å². The van der Waals surface area contributed by atoms with Gasteiger partial charge in [0.05, 0.1) is 0 Å². The third-order valence-electron chi connectivity index (χ3n) is 3.92. The van der Waals surface area contributed by atoms with Crippen molar-refractivity contribution in [1.29, 1.82) is 0 Å². The molecule has 1 N–H and O–H groups in total. The van der Waals surface area contributed by atoms with Gasteiger partial charge in [0.15, 0.2) is 0 Å². The zero-order valence-corrected chi connectivity index (χ0v) is 12.2. The molecule has 4 heteroatoms. The van der Waals surface area contributed by atoms with E-state index in [0.717, 1.165) is 42.0 Å². The fraction of sp³-hybridized carbons (Fsp3) is 0.533. The van der Waals surface area contributed by atoms with Gasteiger partial charge >= 0.3 is 5.97 Å². The van der Waals surface area contributed by atoms with Crippen LogP contribution in [-0.2, 0) is 11.3 Å². The Hall–Kier alpha value is -1.06. The number of carboxylic acids is 1. The van der Waals surface area contributed by atoms with Crippen LogP contribution in [0.4, 0.5) is 0 Å². The lowest BCUT2D eigenvalue weighted by Gasteiger charge is -2.33. The van der Waals surface area contributed by atoms with Crippen LogP contribution in [0, 0.1) is 13.8 Å². The number of aryl methyl sites for hydroxylation is 2. The number of hydrogen-bond donors (Lipinski definition) is 1. The summed E-state index contributed by atoms with van der Waals surface area (Å²) in [6.45, 7) is 5.63. The van der Waals surface area contributed by atoms with E-state index in [1.807, 2.05) is 26.0 Å². The molecule has 1 aliphatic rings. The molecule has 0 aliphatic carbocycles. The molecule has 1 atom stereocenters. The molecule has 1 fully saturated rings. The summed E-state index contributed by atoms with van der Waals surface area (Å²) in [5, 5.41) is 10.0. The van der Waals surface area contributed by atoms with Gasteiger partial charge in [-0.2, -0.15) is 0 Å². The number of benzene rings is 1. The number of carbonyl (C=O) groups is 1. The predicted molar refractivity (Wildman–Crippen MR) is 76.6 cm³/mol. The number of halogens is 1. The maximum Gasteiger partial charge on any atom is 0.320 e. The molecule has 19 heavy (non-hydrogen) atoms. The van der Waals surface area contributed by atoms with Gasteiger partial charge in [-0.15, -0.1) is 0 Å². The molecule has 1 heterocycles. The fourth-order valence-electron chi connectivity index (χ4n) is 2.85. The Morgan fingerprint density at radius 3 is 2.58 bits per heavy atom. The summed E-state index contributed by atoms with van der Waals surface area (Å²) in [4.78, 5) is 13.4. The average Bonchev–Trinajstić information content (AvgIpc) is 2.34. The van der Waals surface area contributed by atoms with E-state index in [4.69, 9.17) is 11.6 Å². The number of likely N-dealkylation sites (tertiary alicyclic amines) is 1. The van der Waals surface area contributed by atoms with Crippen molar-refractivity contribution >= 4 is 17.6 Å². The second-order valence-electron chi connectivity index (χ2n) is 5.34. The average molecular weight is 282 g/mol. The largest absolute Gasteiger partial charge is 0.480 e. The highest BCUT2D eigenvalue weighted by Gasteiger charge is 2.28. The van der Waals surface area contributed by atoms with Crippen molar-refractivity contribution < 1.29 is 9.90 Å². The molecule has 1 unspecified atom stereocenters. The second-order valence-corrected chi connectivity index (χ2v) is 5.77. The number of aliphatic carboxylic acids is 1. The number of rotatable bonds is 3. The van der Waals surface area contributed by atoms with Gasteiger partial charge in [-0.3, -0.25) is 9.69 Å². The van der Waals surface area contributed by atoms with Gasteiger partial charge in [-0.25, -0.2) is 0 Å². The molecule has 2 rings (SSSR count). The van der Waals surface area contributed by atoms with Crippen molar-refractivity contribution in [1.82, 2.24) is 4.90 Å². The van der Waals surface area contributed by atoms with Crippen LogP contribution in [0.5, 0.6) is 0 Å². The predicted octanol–water partition coefficient (Wildman–Crippen LogP) is 3.40. The van der Waals surface area contributed by atoms with Gasteiger partial charge in [0.25, 0.3) is 0 Å². The monoisotopic (exact) mass is 281 g/mol. The first-order valence-electron chi connectivity index (χ1n) is 6.71. The SMILES string of the molecule is Cc1cc(Cl)cc(C)c1CN1CCCCC1C(=O)O. The van der Waals surface area contributed by atoms with E-state index in [1.165, 1.54) is 5.56 Å². The smallest absolute Gasteiger partial charge is 0.320 e. The summed E-state index contributed by atoms with van der Waals surface area (Å²) < 4.78 is 0. The molecule has 1 aromatic carbocycles. The lowest BCUT2D eigenvalue weighted by Crippen LogP contribution is -2.44. The normalized spacial score (nSPS) is 20.5. The van der Waals surface area contributed by atoms with Crippen molar-refractivity contribution in [2.24, 2.45) is 0 Å². The third kappa shape index (κ3) is 3.28. The Kier molecular flexibility index (Phi) is 4.48. The van der Waals surface area contributed by atoms with Crippen LogP contribution in [0.2, 0.25) is 5.02 Å². The van der Waals surface area contributed by atoms with Gasteiger partial charge in [0.1, 0.15) is 6.04 Å². The Labute approximate surface area is 119 Å². The molecule has 104 valence electrons. The molecule has 0 bridgehead atoms. The molecule has 0 saturated carbocycles. The Morgan fingerprint density at radius 2 is 2.00 bits per heavy atom. The first-order chi connectivity index (χ1) is 8.99. The fourth-order valence-corrected chi connectivity index (χ4v) is 3.18. The van der Waals surface area contributed by atoms with E-state index in [-0.39, 0.29) is 6.04 Å². The molecule has 3 nitrogen and oxygen atoms in total. The lowest BCUT2D eigenvalue weighted by atomic mass is 9.98. The van der Waals surface area contributed by atoms with E-state index in [9.17, 15) is 9.90 Å². The maximum atomic E-state index is 11.3. The molecule has 0 aromatic heterocycles. The maximum absolute atomic E-state index is 11.3. The Morgan fingerprint density at radius 1 is 1.37 bits per heavy atom. The lowest BCUT2D eigenvalue weighted by molar-refractivity contribution is -0.144. The van der Waals surface area contributed by atoms with Crippen molar-refractivity contribution in [3.63, 3.8) is 0 Å². The molecular weight excluding hydrogens is 262 g/mol. The summed E-state index contributed by atoms with van der Waals surface area (Å²) >= 11 is 6.04. The van der Waals surface area contributed by atoms with Gasteiger partial charge < -0.3 is 5.11 Å². The summed E-state index contributed by atoms with van der Waals surface area (Å²) in [7, 11) is 0. The van der Waals surface area contributed by atoms with Crippen molar-refractivity contribution in [2.45, 2.75) is 45.7 Å². The minimum absolute atomic E-state index is 0.344. The van der Waals surface area contributed by atoms with Gasteiger partial charge in [-0.1, -0.05) is 18.0 Å². The van der Waals surface area contributed by atoms with Crippen molar-refractivity contribution in [3.05, 3.63) is 33.8 Å². The highest BCUT2D eigenvalue weighted by atomic mass is 35.5. The zero-order valence-electron chi connectivity index (χ0n) is 11.4. The van der Waals surface area contributed by atoms with Gasteiger partial charge in [0.2, 0.25) is 0 Å². The molecular formula is C15H20ClNO2. The van der Waals surface area contributed by atoms with Crippen LogP contribution in [0.3, 0.4) is 0 Å². The zero-order chi connectivity index (χ0) is 14.0. The quantitative estimate of drug-likeness (QED) is 0.923. The standard InChI is InChI=1S/C15H20ClNO2/c1-10-7-12(16)8-11(2)13(10)9-17-6-4-3-5-14(17)15(18)19/h7-8,14H,3-6,9H2,1-2H3,(H,18,19). The van der Waals surface area contributed by atoms with E-state index in [1.54, 1.807) is 0 Å². The first-order valence-corrected chi connectivity index (χ1v) is 7.09. The van der Waals surface area contributed by atoms with Gasteiger partial charge in [-0.05, 0) is 62.1 Å². The van der Waals surface area contributed by atoms with E-state index >= 15 is 0 Å². The summed E-state index contributed by atoms with van der Waals surface area (Å²) in [6.07, 6.45) is 2.84. The van der Waals surface area contributed by atoms with Crippen LogP contribution < -0.4 is 0 Å². The number of nitrogens with zero attached hydrogens (tertiary/aromatic N) is 1. The molecule has 0 amide bonds. The van der Waals surface area contributed by atoms with Gasteiger partial charge in [0, 0.05) is 11.6 Å². The molecule has 1 aliphatic heterocycles. The number of hydrogen-bond acceptors (Lipinski definition) is 2. The highest BCUT2D eigenvalue weighted by molar-refractivity contribution is 6.30. The van der Waals surface area contributed by atoms with E-state index in [2.05, 4.69) is 4.90 Å². The third-order valence-corrected chi connectivity index (χ3v) is 4.14. The van der Waals surface area contributed by atoms with Crippen LogP contribution in [0.25, 0.3) is 0 Å². The van der Waals surface area contributed by atoms with Crippen molar-refractivity contribution in [2.75, 3.05) is 6.54 Å². The van der Waals surface area contributed by atoms with Crippen LogP contribution in [0.15, 0.2) is 12.1 Å². The minimum Gasteiger partial charge on any atom is -0.480 e. The molecule has 1 saturated heterocycles. The number of piperidine rings is 1. The molecule has 0 radical (unpaired) electrons. The second kappa shape index (κ2) is 5.93. The minimum atomic E-state index is -0.705. The molecule has 0 spiro atoms. The summed E-state index contributed by atoms with van der Waals surface area (Å²) in [5.41, 5.74) is 3.48. The van der Waals surface area contributed by atoms with Crippen LogP contribution >= 0.6 is 11.6 Å². The van der Waals surface area contributed by atoms with Crippen LogP contribution in [-0.4, -0.2) is 28.6 Å². The molecule has 1 aromatic rings.